The first-order valence-electron chi connectivity index (χ1n) is 8.73. The summed E-state index contributed by atoms with van der Waals surface area (Å²) in [7, 11) is 3.34. The third-order valence-corrected chi connectivity index (χ3v) is 5.52. The first kappa shape index (κ1) is 18.7. The average Bonchev–Trinajstić information content (AvgIpc) is 3.10. The number of nitrogens with one attached hydrogen (secondary N) is 2. The minimum atomic E-state index is 0.0145. The number of ether oxygens (including phenoxy) is 2. The van der Waals surface area contributed by atoms with E-state index >= 15 is 0 Å². The number of amides is 1. The minimum Gasteiger partial charge on any atom is -0.497 e. The van der Waals surface area contributed by atoms with Crippen LogP contribution < -0.4 is 19.7 Å². The summed E-state index contributed by atoms with van der Waals surface area (Å²) in [4.78, 5) is 13.8. The Labute approximate surface area is 162 Å². The standard InChI is InChI=1S/C20H23BrN2O3/c1-25-14-9-10-19(26-2)15(12-14)18-8-5-11-23(18)13-20(24)22-17-7-4-3-6-16(17)21/h3-4,6-7,9-10,12,18H,5,8,11,13H2,1-2H3,(H,22,24)/p+1/t18-/m1/s1. The van der Waals surface area contributed by atoms with Crippen molar-refractivity contribution < 1.29 is 19.2 Å². The molecule has 6 heteroatoms. The van der Waals surface area contributed by atoms with Crippen LogP contribution in [0.3, 0.4) is 0 Å². The van der Waals surface area contributed by atoms with Gasteiger partial charge in [0.25, 0.3) is 5.91 Å². The molecule has 138 valence electrons. The van der Waals surface area contributed by atoms with Crippen LogP contribution in [0.5, 0.6) is 11.5 Å². The molecular formula is C20H24BrN2O3+. The van der Waals surface area contributed by atoms with Crippen LogP contribution in [0.1, 0.15) is 24.4 Å². The van der Waals surface area contributed by atoms with Crippen LogP contribution in [-0.4, -0.2) is 33.2 Å². The summed E-state index contributed by atoms with van der Waals surface area (Å²) in [5.74, 6) is 1.67. The highest BCUT2D eigenvalue weighted by Crippen LogP contribution is 2.31. The van der Waals surface area contributed by atoms with Gasteiger partial charge in [-0.2, -0.15) is 0 Å². The number of carbonyl (C=O) groups excluding carboxylic acids is 1. The van der Waals surface area contributed by atoms with E-state index in [2.05, 4.69) is 21.2 Å². The van der Waals surface area contributed by atoms with Crippen molar-refractivity contribution in [3.05, 3.63) is 52.5 Å². The molecule has 2 N–H and O–H groups in total. The second kappa shape index (κ2) is 8.56. The van der Waals surface area contributed by atoms with Crippen molar-refractivity contribution in [3.63, 3.8) is 0 Å². The summed E-state index contributed by atoms with van der Waals surface area (Å²) in [6, 6.07) is 13.7. The first-order valence-corrected chi connectivity index (χ1v) is 9.52. The molecule has 0 radical (unpaired) electrons. The molecule has 5 nitrogen and oxygen atoms in total. The molecule has 2 aromatic rings. The number of likely N-dealkylation sites (tertiary alicyclic amines) is 1. The van der Waals surface area contributed by atoms with Gasteiger partial charge in [0.15, 0.2) is 6.54 Å². The van der Waals surface area contributed by atoms with Crippen molar-refractivity contribution in [2.75, 3.05) is 32.6 Å². The predicted molar refractivity (Wildman–Crippen MR) is 105 cm³/mol. The summed E-state index contributed by atoms with van der Waals surface area (Å²) in [5.41, 5.74) is 1.90. The molecule has 2 aromatic carbocycles. The predicted octanol–water partition coefficient (Wildman–Crippen LogP) is 2.82. The second-order valence-corrected chi connectivity index (χ2v) is 7.27. The van der Waals surface area contributed by atoms with Gasteiger partial charge in [-0.15, -0.1) is 0 Å². The second-order valence-electron chi connectivity index (χ2n) is 6.42. The Hall–Kier alpha value is -2.05. The molecule has 1 heterocycles. The van der Waals surface area contributed by atoms with Crippen LogP contribution in [-0.2, 0) is 4.79 Å². The number of rotatable bonds is 6. The average molecular weight is 420 g/mol. The van der Waals surface area contributed by atoms with Crippen LogP contribution >= 0.6 is 15.9 Å². The molecule has 1 aliphatic heterocycles. The van der Waals surface area contributed by atoms with Gasteiger partial charge in [-0.3, -0.25) is 4.79 Å². The number of hydrogen-bond acceptors (Lipinski definition) is 3. The van der Waals surface area contributed by atoms with Gasteiger partial charge in [-0.25, -0.2) is 0 Å². The van der Waals surface area contributed by atoms with Crippen molar-refractivity contribution >= 4 is 27.5 Å². The van der Waals surface area contributed by atoms with Crippen molar-refractivity contribution in [2.24, 2.45) is 0 Å². The van der Waals surface area contributed by atoms with Crippen LogP contribution in [0.15, 0.2) is 46.9 Å². The van der Waals surface area contributed by atoms with Crippen LogP contribution in [0.25, 0.3) is 0 Å². The van der Waals surface area contributed by atoms with Gasteiger partial charge in [0.05, 0.1) is 32.0 Å². The van der Waals surface area contributed by atoms with Crippen molar-refractivity contribution in [1.29, 1.82) is 0 Å². The molecule has 3 rings (SSSR count). The number of anilines is 1. The van der Waals surface area contributed by atoms with Gasteiger partial charge >= 0.3 is 0 Å². The fourth-order valence-electron chi connectivity index (χ4n) is 3.57. The molecule has 1 amide bonds. The number of methoxy groups -OCH3 is 2. The number of halogens is 1. The zero-order valence-electron chi connectivity index (χ0n) is 15.0. The van der Waals surface area contributed by atoms with E-state index in [0.717, 1.165) is 46.6 Å². The lowest BCUT2D eigenvalue weighted by Crippen LogP contribution is -3.11. The highest BCUT2D eigenvalue weighted by Gasteiger charge is 2.34. The Morgan fingerprint density at radius 3 is 2.77 bits per heavy atom. The summed E-state index contributed by atoms with van der Waals surface area (Å²) in [6.45, 7) is 1.39. The first-order chi connectivity index (χ1) is 12.6. The SMILES string of the molecule is COc1ccc(OC)c([C@H]2CCC[NH+]2CC(=O)Nc2ccccc2Br)c1. The van der Waals surface area contributed by atoms with Gasteiger partial charge in [0.2, 0.25) is 0 Å². The highest BCUT2D eigenvalue weighted by molar-refractivity contribution is 9.10. The Kier molecular flexibility index (Phi) is 6.16. The molecule has 0 bridgehead atoms. The maximum atomic E-state index is 12.6. The zero-order chi connectivity index (χ0) is 18.5. The quantitative estimate of drug-likeness (QED) is 0.756. The molecular weight excluding hydrogens is 396 g/mol. The highest BCUT2D eigenvalue weighted by atomic mass is 79.9. The van der Waals surface area contributed by atoms with Crippen molar-refractivity contribution in [2.45, 2.75) is 18.9 Å². The van der Waals surface area contributed by atoms with E-state index in [4.69, 9.17) is 9.47 Å². The Morgan fingerprint density at radius 2 is 2.04 bits per heavy atom. The molecule has 2 atom stereocenters. The van der Waals surface area contributed by atoms with Crippen molar-refractivity contribution in [1.82, 2.24) is 0 Å². The maximum absolute atomic E-state index is 12.6. The van der Waals surface area contributed by atoms with Crippen LogP contribution in [0.4, 0.5) is 5.69 Å². The number of carbonyl (C=O) groups is 1. The lowest BCUT2D eigenvalue weighted by atomic mass is 10.0. The molecule has 1 aliphatic rings. The lowest BCUT2D eigenvalue weighted by molar-refractivity contribution is -0.910. The van der Waals surface area contributed by atoms with E-state index < -0.39 is 0 Å². The molecule has 0 spiro atoms. The topological polar surface area (TPSA) is 52.0 Å². The Bertz CT molecular complexity index is 781. The Morgan fingerprint density at radius 1 is 1.23 bits per heavy atom. The third-order valence-electron chi connectivity index (χ3n) is 4.83. The molecule has 0 aromatic heterocycles. The molecule has 1 saturated heterocycles. The summed E-state index contributed by atoms with van der Waals surface area (Å²) < 4.78 is 11.8. The van der Waals surface area contributed by atoms with Gasteiger partial charge < -0.3 is 19.7 Å². The third kappa shape index (κ3) is 4.19. The number of hydrogen-bond donors (Lipinski definition) is 2. The monoisotopic (exact) mass is 419 g/mol. The van der Waals surface area contributed by atoms with Gasteiger partial charge in [-0.05, 0) is 46.3 Å². The van der Waals surface area contributed by atoms with Crippen LogP contribution in [0.2, 0.25) is 0 Å². The smallest absolute Gasteiger partial charge is 0.279 e. The fraction of sp³-hybridized carbons (Fsp3) is 0.350. The van der Waals surface area contributed by atoms with Crippen LogP contribution in [0, 0.1) is 0 Å². The zero-order valence-corrected chi connectivity index (χ0v) is 16.6. The van der Waals surface area contributed by atoms with E-state index in [1.165, 1.54) is 4.90 Å². The molecule has 1 fully saturated rings. The maximum Gasteiger partial charge on any atom is 0.279 e. The lowest BCUT2D eigenvalue weighted by Gasteiger charge is -2.23. The molecule has 0 aliphatic carbocycles. The van der Waals surface area contributed by atoms with Gasteiger partial charge in [0.1, 0.15) is 17.5 Å². The normalized spacial score (nSPS) is 19.2. The Balaban J connectivity index is 1.74. The van der Waals surface area contributed by atoms with E-state index in [0.29, 0.717) is 6.54 Å². The summed E-state index contributed by atoms with van der Waals surface area (Å²) in [5, 5.41) is 3.00. The van der Waals surface area contributed by atoms with Gasteiger partial charge in [-0.1, -0.05) is 12.1 Å². The van der Waals surface area contributed by atoms with Crippen molar-refractivity contribution in [3.8, 4) is 11.5 Å². The van der Waals surface area contributed by atoms with E-state index in [9.17, 15) is 4.79 Å². The molecule has 1 unspecified atom stereocenters. The summed E-state index contributed by atoms with van der Waals surface area (Å²) >= 11 is 3.47. The number of para-hydroxylation sites is 1. The van der Waals surface area contributed by atoms with E-state index in [1.807, 2.05) is 42.5 Å². The van der Waals surface area contributed by atoms with E-state index in [-0.39, 0.29) is 11.9 Å². The van der Waals surface area contributed by atoms with E-state index in [1.54, 1.807) is 14.2 Å². The number of quaternary nitrogens is 1. The molecule has 26 heavy (non-hydrogen) atoms. The largest absolute Gasteiger partial charge is 0.497 e. The molecule has 0 saturated carbocycles. The fourth-order valence-corrected chi connectivity index (χ4v) is 3.96. The minimum absolute atomic E-state index is 0.0145. The van der Waals surface area contributed by atoms with Gasteiger partial charge in [0, 0.05) is 17.3 Å². The number of benzene rings is 2. The summed E-state index contributed by atoms with van der Waals surface area (Å²) in [6.07, 6.45) is 2.11.